The molecule has 0 fully saturated rings. The predicted octanol–water partition coefficient (Wildman–Crippen LogP) is 14.7. The zero-order valence-corrected chi connectivity index (χ0v) is 28.5. The average molecular weight is 657 g/mol. The zero-order valence-electron chi connectivity index (χ0n) is 28.5. The van der Waals surface area contributed by atoms with Gasteiger partial charge in [-0.2, -0.15) is 0 Å². The van der Waals surface area contributed by atoms with E-state index in [1.165, 1.54) is 109 Å². The first-order valence-electron chi connectivity index (χ1n) is 18.1. The van der Waals surface area contributed by atoms with Gasteiger partial charge in [-0.25, -0.2) is 0 Å². The lowest BCUT2D eigenvalue weighted by molar-refractivity contribution is 1.60. The summed E-state index contributed by atoms with van der Waals surface area (Å²) in [5.41, 5.74) is 10.1. The van der Waals surface area contributed by atoms with E-state index >= 15 is 0 Å². The minimum absolute atomic E-state index is 1.23. The van der Waals surface area contributed by atoms with Crippen molar-refractivity contribution in [3.05, 3.63) is 194 Å². The summed E-state index contributed by atoms with van der Waals surface area (Å²) in [5.74, 6) is 0. The summed E-state index contributed by atoms with van der Waals surface area (Å²) in [6.07, 6.45) is 0. The summed E-state index contributed by atoms with van der Waals surface area (Å²) in [5, 5.41) is 15.6. The van der Waals surface area contributed by atoms with Crippen LogP contribution >= 0.6 is 0 Å². The van der Waals surface area contributed by atoms with Crippen LogP contribution in [0.4, 0.5) is 0 Å². The topological polar surface area (TPSA) is 0 Å². The lowest BCUT2D eigenvalue weighted by Gasteiger charge is -2.22. The molecule has 0 saturated heterocycles. The van der Waals surface area contributed by atoms with Crippen molar-refractivity contribution in [2.45, 2.75) is 0 Å². The van der Waals surface area contributed by atoms with Gasteiger partial charge in [-0.15, -0.1) is 0 Å². The Bertz CT molecular complexity index is 3150. The van der Waals surface area contributed by atoms with E-state index in [1.807, 2.05) is 0 Å². The highest BCUT2D eigenvalue weighted by Crippen LogP contribution is 2.50. The molecule has 0 aromatic heterocycles. The molecule has 0 spiro atoms. The smallest absolute Gasteiger partial charge is 0.00137 e. The highest BCUT2D eigenvalue weighted by atomic mass is 14.2. The number of rotatable bonds is 4. The van der Waals surface area contributed by atoms with E-state index in [0.29, 0.717) is 0 Å². The fourth-order valence-corrected chi connectivity index (χ4v) is 9.07. The Kier molecular flexibility index (Phi) is 6.35. The van der Waals surface area contributed by atoms with Crippen molar-refractivity contribution < 1.29 is 0 Å². The van der Waals surface area contributed by atoms with Crippen molar-refractivity contribution >= 4 is 64.6 Å². The molecular formula is C52H32. The first kappa shape index (κ1) is 29.0. The Morgan fingerprint density at radius 1 is 0.173 bits per heavy atom. The molecule has 0 amide bonds. The Morgan fingerprint density at radius 3 is 1.35 bits per heavy atom. The highest BCUT2D eigenvalue weighted by molar-refractivity contribution is 6.41. The molecule has 0 aliphatic heterocycles. The van der Waals surface area contributed by atoms with E-state index < -0.39 is 0 Å². The first-order valence-corrected chi connectivity index (χ1v) is 18.1. The zero-order chi connectivity index (χ0) is 34.2. The van der Waals surface area contributed by atoms with Gasteiger partial charge in [0.1, 0.15) is 0 Å². The minimum atomic E-state index is 1.23. The molecule has 0 bridgehead atoms. The molecule has 240 valence electrons. The van der Waals surface area contributed by atoms with Crippen LogP contribution in [0, 0.1) is 0 Å². The molecule has 0 unspecified atom stereocenters. The van der Waals surface area contributed by atoms with Crippen LogP contribution in [0.5, 0.6) is 0 Å². The van der Waals surface area contributed by atoms with Gasteiger partial charge in [0.15, 0.2) is 0 Å². The van der Waals surface area contributed by atoms with Crippen LogP contribution in [-0.4, -0.2) is 0 Å². The Hall–Kier alpha value is -6.76. The number of fused-ring (bicyclic) bond motifs is 5. The molecule has 0 heterocycles. The fraction of sp³-hybridized carbons (Fsp3) is 0. The molecule has 0 aliphatic rings. The molecule has 0 atom stereocenters. The summed E-state index contributed by atoms with van der Waals surface area (Å²) >= 11 is 0. The second-order valence-electron chi connectivity index (χ2n) is 13.9. The predicted molar refractivity (Wildman–Crippen MR) is 224 cm³/mol. The maximum atomic E-state index is 2.37. The molecule has 0 aliphatic carbocycles. The Balaban J connectivity index is 1.25. The molecular weight excluding hydrogens is 625 g/mol. The van der Waals surface area contributed by atoms with Crippen LogP contribution in [0.3, 0.4) is 0 Å². The van der Waals surface area contributed by atoms with Gasteiger partial charge in [0.2, 0.25) is 0 Å². The lowest BCUT2D eigenvalue weighted by Crippen LogP contribution is -1.94. The number of benzene rings is 11. The summed E-state index contributed by atoms with van der Waals surface area (Å²) < 4.78 is 0. The Labute approximate surface area is 302 Å². The third kappa shape index (κ3) is 4.16. The molecule has 52 heavy (non-hydrogen) atoms. The molecule has 11 rings (SSSR count). The SMILES string of the molecule is c1ccc(-c2ccccc2-c2ccc(-c3c4ccccc4c4c5ccc(-c6ccccc6)c6cccc(c7cccc3c74)c65)c3ccccc23)cc1. The van der Waals surface area contributed by atoms with Crippen molar-refractivity contribution in [1.82, 2.24) is 0 Å². The quantitative estimate of drug-likeness (QED) is 0.131. The van der Waals surface area contributed by atoms with Crippen molar-refractivity contribution in [2.75, 3.05) is 0 Å². The normalized spacial score (nSPS) is 11.8. The number of hydrogen-bond donors (Lipinski definition) is 0. The van der Waals surface area contributed by atoms with E-state index in [4.69, 9.17) is 0 Å². The van der Waals surface area contributed by atoms with Gasteiger partial charge in [-0.05, 0) is 109 Å². The molecule has 0 nitrogen and oxygen atoms in total. The van der Waals surface area contributed by atoms with E-state index in [9.17, 15) is 0 Å². The molecule has 0 saturated carbocycles. The maximum absolute atomic E-state index is 2.37. The van der Waals surface area contributed by atoms with Crippen molar-refractivity contribution in [1.29, 1.82) is 0 Å². The fourth-order valence-electron chi connectivity index (χ4n) is 9.07. The molecule has 11 aromatic rings. The van der Waals surface area contributed by atoms with Gasteiger partial charge in [0.05, 0.1) is 0 Å². The second-order valence-corrected chi connectivity index (χ2v) is 13.9. The average Bonchev–Trinajstić information content (AvgIpc) is 3.22. The van der Waals surface area contributed by atoms with Crippen molar-refractivity contribution in [3.8, 4) is 44.5 Å². The molecule has 0 N–H and O–H groups in total. The van der Waals surface area contributed by atoms with Crippen LogP contribution in [0.25, 0.3) is 109 Å². The van der Waals surface area contributed by atoms with Crippen LogP contribution in [0.1, 0.15) is 0 Å². The second kappa shape index (κ2) is 11.4. The maximum Gasteiger partial charge on any atom is -0.00137 e. The summed E-state index contributed by atoms with van der Waals surface area (Å²) in [6, 6.07) is 71.6. The van der Waals surface area contributed by atoms with Crippen LogP contribution < -0.4 is 0 Å². The lowest BCUT2D eigenvalue weighted by atomic mass is 9.81. The Morgan fingerprint density at radius 2 is 0.615 bits per heavy atom. The third-order valence-electron chi connectivity index (χ3n) is 11.2. The first-order chi connectivity index (χ1) is 25.8. The number of hydrogen-bond acceptors (Lipinski definition) is 0. The standard InChI is InChI=1S/C52H32/c1-3-15-33(16-4-1)35-19-7-8-20-37(35)40-30-31-46(39-22-10-9-21-38(39)40)50-42-23-11-12-24-44(42)52-48-32-29-36(34-17-5-2-6-18-34)41-25-13-26-43(49(41)48)45-27-14-28-47(50)51(45)52/h1-32H. The van der Waals surface area contributed by atoms with Gasteiger partial charge < -0.3 is 0 Å². The van der Waals surface area contributed by atoms with Gasteiger partial charge in [0.25, 0.3) is 0 Å². The van der Waals surface area contributed by atoms with Crippen LogP contribution in [0.15, 0.2) is 194 Å². The van der Waals surface area contributed by atoms with E-state index in [-0.39, 0.29) is 0 Å². The highest BCUT2D eigenvalue weighted by Gasteiger charge is 2.22. The van der Waals surface area contributed by atoms with Crippen molar-refractivity contribution in [2.24, 2.45) is 0 Å². The van der Waals surface area contributed by atoms with Gasteiger partial charge in [-0.1, -0.05) is 194 Å². The summed E-state index contributed by atoms with van der Waals surface area (Å²) in [6.45, 7) is 0. The van der Waals surface area contributed by atoms with Gasteiger partial charge >= 0.3 is 0 Å². The molecule has 0 heteroatoms. The molecule has 11 aromatic carbocycles. The van der Waals surface area contributed by atoms with E-state index in [1.54, 1.807) is 0 Å². The van der Waals surface area contributed by atoms with Gasteiger partial charge in [0, 0.05) is 0 Å². The molecule has 0 radical (unpaired) electrons. The summed E-state index contributed by atoms with van der Waals surface area (Å²) in [4.78, 5) is 0. The van der Waals surface area contributed by atoms with E-state index in [0.717, 1.165) is 0 Å². The largest absolute Gasteiger partial charge is 0.0622 e. The monoisotopic (exact) mass is 656 g/mol. The van der Waals surface area contributed by atoms with Gasteiger partial charge in [-0.3, -0.25) is 0 Å². The van der Waals surface area contributed by atoms with Crippen molar-refractivity contribution in [3.63, 3.8) is 0 Å². The van der Waals surface area contributed by atoms with Crippen LogP contribution in [0.2, 0.25) is 0 Å². The van der Waals surface area contributed by atoms with Crippen LogP contribution in [-0.2, 0) is 0 Å². The van der Waals surface area contributed by atoms with E-state index in [2.05, 4.69) is 194 Å². The summed E-state index contributed by atoms with van der Waals surface area (Å²) in [7, 11) is 0. The third-order valence-corrected chi connectivity index (χ3v) is 11.2. The minimum Gasteiger partial charge on any atom is -0.0622 e.